The van der Waals surface area contributed by atoms with Crippen LogP contribution in [0, 0.1) is 5.92 Å². The Morgan fingerprint density at radius 2 is 1.83 bits per heavy atom. The second-order valence-electron chi connectivity index (χ2n) is 6.87. The summed E-state index contributed by atoms with van der Waals surface area (Å²) < 4.78 is 5.18. The normalized spacial score (nSPS) is 30.9. The van der Waals surface area contributed by atoms with E-state index in [2.05, 4.69) is 23.1 Å². The number of ether oxygens (including phenoxy) is 1. The molecule has 3 N–H and O–H groups in total. The topological polar surface area (TPSA) is 62.4 Å². The molecule has 1 saturated heterocycles. The number of methoxy groups -OCH3 is 1. The SMILES string of the molecule is COc1ccc(C2CC(C(=O)NC3CCC(C)CC3)NN2)cc1. The molecule has 5 heteroatoms. The van der Waals surface area contributed by atoms with E-state index in [0.29, 0.717) is 6.04 Å². The number of nitrogens with one attached hydrogen (secondary N) is 3. The third kappa shape index (κ3) is 4.03. The number of amides is 1. The van der Waals surface area contributed by atoms with Gasteiger partial charge < -0.3 is 10.1 Å². The molecule has 126 valence electrons. The van der Waals surface area contributed by atoms with Gasteiger partial charge in [0.25, 0.3) is 0 Å². The van der Waals surface area contributed by atoms with Gasteiger partial charge in [-0.3, -0.25) is 4.79 Å². The molecule has 1 aromatic carbocycles. The van der Waals surface area contributed by atoms with Crippen molar-refractivity contribution in [1.29, 1.82) is 0 Å². The molecule has 0 aromatic heterocycles. The smallest absolute Gasteiger partial charge is 0.238 e. The zero-order valence-electron chi connectivity index (χ0n) is 14.0. The molecule has 1 aliphatic carbocycles. The third-order valence-corrected chi connectivity index (χ3v) is 5.10. The van der Waals surface area contributed by atoms with Crippen molar-refractivity contribution < 1.29 is 9.53 Å². The van der Waals surface area contributed by atoms with Crippen LogP contribution in [-0.2, 0) is 4.79 Å². The number of carbonyl (C=O) groups is 1. The lowest BCUT2D eigenvalue weighted by atomic mass is 9.87. The minimum Gasteiger partial charge on any atom is -0.497 e. The summed E-state index contributed by atoms with van der Waals surface area (Å²) in [6.07, 6.45) is 5.41. The Morgan fingerprint density at radius 1 is 1.13 bits per heavy atom. The monoisotopic (exact) mass is 317 g/mol. The van der Waals surface area contributed by atoms with Crippen LogP contribution in [0.1, 0.15) is 50.6 Å². The van der Waals surface area contributed by atoms with Crippen molar-refractivity contribution in [2.75, 3.05) is 7.11 Å². The van der Waals surface area contributed by atoms with Gasteiger partial charge >= 0.3 is 0 Å². The van der Waals surface area contributed by atoms with E-state index in [-0.39, 0.29) is 18.0 Å². The fourth-order valence-corrected chi connectivity index (χ4v) is 3.49. The van der Waals surface area contributed by atoms with Crippen LogP contribution >= 0.6 is 0 Å². The number of hydrogen-bond acceptors (Lipinski definition) is 4. The second kappa shape index (κ2) is 7.32. The maximum absolute atomic E-state index is 12.4. The zero-order chi connectivity index (χ0) is 16.2. The van der Waals surface area contributed by atoms with Crippen LogP contribution in [0.4, 0.5) is 0 Å². The van der Waals surface area contributed by atoms with Crippen molar-refractivity contribution in [3.8, 4) is 5.75 Å². The van der Waals surface area contributed by atoms with Gasteiger partial charge in [0.05, 0.1) is 7.11 Å². The minimum absolute atomic E-state index is 0.119. The van der Waals surface area contributed by atoms with Gasteiger partial charge in [0.15, 0.2) is 0 Å². The molecule has 5 nitrogen and oxygen atoms in total. The van der Waals surface area contributed by atoms with E-state index in [1.54, 1.807) is 7.11 Å². The molecule has 2 atom stereocenters. The maximum Gasteiger partial charge on any atom is 0.238 e. The number of hydrazine groups is 1. The Balaban J connectivity index is 1.51. The zero-order valence-corrected chi connectivity index (χ0v) is 14.0. The fraction of sp³-hybridized carbons (Fsp3) is 0.611. The Labute approximate surface area is 138 Å². The van der Waals surface area contributed by atoms with Crippen molar-refractivity contribution in [2.24, 2.45) is 5.92 Å². The average molecular weight is 317 g/mol. The van der Waals surface area contributed by atoms with Gasteiger partial charge in [-0.25, -0.2) is 10.9 Å². The first-order chi connectivity index (χ1) is 11.2. The predicted molar refractivity (Wildman–Crippen MR) is 90.0 cm³/mol. The lowest BCUT2D eigenvalue weighted by Crippen LogP contribution is -2.47. The molecule has 1 aliphatic heterocycles. The van der Waals surface area contributed by atoms with Crippen LogP contribution in [0.2, 0.25) is 0 Å². The summed E-state index contributed by atoms with van der Waals surface area (Å²) in [5.41, 5.74) is 7.54. The van der Waals surface area contributed by atoms with E-state index in [4.69, 9.17) is 4.74 Å². The van der Waals surface area contributed by atoms with Gasteiger partial charge in [-0.2, -0.15) is 0 Å². The first kappa shape index (κ1) is 16.3. The molecule has 0 bridgehead atoms. The van der Waals surface area contributed by atoms with Crippen LogP contribution in [0.25, 0.3) is 0 Å². The molecular weight excluding hydrogens is 290 g/mol. The van der Waals surface area contributed by atoms with Crippen molar-refractivity contribution in [3.63, 3.8) is 0 Å². The number of rotatable bonds is 4. The van der Waals surface area contributed by atoms with Crippen LogP contribution in [0.15, 0.2) is 24.3 Å². The number of benzene rings is 1. The van der Waals surface area contributed by atoms with Crippen LogP contribution in [-0.4, -0.2) is 25.1 Å². The van der Waals surface area contributed by atoms with Crippen LogP contribution in [0.3, 0.4) is 0 Å². The Hall–Kier alpha value is -1.59. The summed E-state index contributed by atoms with van der Waals surface area (Å²) in [5.74, 6) is 1.77. The number of carbonyl (C=O) groups excluding carboxylic acids is 1. The van der Waals surface area contributed by atoms with Gasteiger partial charge in [0.2, 0.25) is 5.91 Å². The predicted octanol–water partition coefficient (Wildman–Crippen LogP) is 2.30. The highest BCUT2D eigenvalue weighted by molar-refractivity contribution is 5.82. The van der Waals surface area contributed by atoms with E-state index in [1.165, 1.54) is 18.4 Å². The average Bonchev–Trinajstić information content (AvgIpc) is 3.07. The molecule has 2 aliphatic rings. The fourth-order valence-electron chi connectivity index (χ4n) is 3.49. The molecule has 0 spiro atoms. The van der Waals surface area contributed by atoms with Gasteiger partial charge in [0.1, 0.15) is 11.8 Å². The van der Waals surface area contributed by atoms with E-state index >= 15 is 0 Å². The van der Waals surface area contributed by atoms with Gasteiger partial charge in [-0.15, -0.1) is 0 Å². The van der Waals surface area contributed by atoms with Crippen molar-refractivity contribution in [1.82, 2.24) is 16.2 Å². The summed E-state index contributed by atoms with van der Waals surface area (Å²) in [5, 5.41) is 3.21. The Kier molecular flexibility index (Phi) is 5.18. The van der Waals surface area contributed by atoms with Crippen molar-refractivity contribution in [2.45, 2.75) is 57.2 Å². The van der Waals surface area contributed by atoms with Gasteiger partial charge in [-0.1, -0.05) is 19.1 Å². The van der Waals surface area contributed by atoms with Crippen molar-refractivity contribution >= 4 is 5.91 Å². The molecule has 0 radical (unpaired) electrons. The third-order valence-electron chi connectivity index (χ3n) is 5.10. The van der Waals surface area contributed by atoms with Gasteiger partial charge in [-0.05, 0) is 55.7 Å². The Bertz CT molecular complexity index is 524. The van der Waals surface area contributed by atoms with E-state index < -0.39 is 0 Å². The summed E-state index contributed by atoms with van der Waals surface area (Å²) in [4.78, 5) is 12.4. The second-order valence-corrected chi connectivity index (χ2v) is 6.87. The van der Waals surface area contributed by atoms with Crippen LogP contribution in [0.5, 0.6) is 5.75 Å². The highest BCUT2D eigenvalue weighted by Gasteiger charge is 2.31. The summed E-state index contributed by atoms with van der Waals surface area (Å²) in [6, 6.07) is 8.33. The molecule has 23 heavy (non-hydrogen) atoms. The quantitative estimate of drug-likeness (QED) is 0.797. The van der Waals surface area contributed by atoms with E-state index in [0.717, 1.165) is 30.9 Å². The van der Waals surface area contributed by atoms with E-state index in [1.807, 2.05) is 24.3 Å². The summed E-state index contributed by atoms with van der Waals surface area (Å²) >= 11 is 0. The molecule has 3 rings (SSSR count). The molecule has 1 saturated carbocycles. The number of hydrogen-bond donors (Lipinski definition) is 3. The van der Waals surface area contributed by atoms with Crippen molar-refractivity contribution in [3.05, 3.63) is 29.8 Å². The van der Waals surface area contributed by atoms with Gasteiger partial charge in [0, 0.05) is 12.1 Å². The first-order valence-electron chi connectivity index (χ1n) is 8.61. The summed E-state index contributed by atoms with van der Waals surface area (Å²) in [6.45, 7) is 2.29. The molecular formula is C18H27N3O2. The maximum atomic E-state index is 12.4. The molecule has 2 unspecified atom stereocenters. The molecule has 2 fully saturated rings. The van der Waals surface area contributed by atoms with Crippen LogP contribution < -0.4 is 20.9 Å². The largest absolute Gasteiger partial charge is 0.497 e. The minimum atomic E-state index is -0.165. The first-order valence-corrected chi connectivity index (χ1v) is 8.61. The highest BCUT2D eigenvalue weighted by atomic mass is 16.5. The highest BCUT2D eigenvalue weighted by Crippen LogP contribution is 2.26. The molecule has 1 amide bonds. The molecule has 1 heterocycles. The standard InChI is InChI=1S/C18H27N3O2/c1-12-3-7-14(8-4-12)19-18(22)17-11-16(20-21-17)13-5-9-15(23-2)10-6-13/h5-6,9-10,12,14,16-17,20-21H,3-4,7-8,11H2,1-2H3,(H,19,22). The molecule has 1 aromatic rings. The lowest BCUT2D eigenvalue weighted by molar-refractivity contribution is -0.123. The van der Waals surface area contributed by atoms with E-state index in [9.17, 15) is 4.79 Å². The lowest BCUT2D eigenvalue weighted by Gasteiger charge is -2.27. The summed E-state index contributed by atoms with van der Waals surface area (Å²) in [7, 11) is 1.66. The Morgan fingerprint density at radius 3 is 2.48 bits per heavy atom.